The zero-order valence-corrected chi connectivity index (χ0v) is 7.65. The van der Waals surface area contributed by atoms with E-state index in [4.69, 9.17) is 8.95 Å². The van der Waals surface area contributed by atoms with Crippen LogP contribution >= 0.6 is 0 Å². The van der Waals surface area contributed by atoms with Crippen LogP contribution in [0.5, 0.6) is 0 Å². The Labute approximate surface area is 73.3 Å². The van der Waals surface area contributed by atoms with E-state index in [2.05, 4.69) is 0 Å². The van der Waals surface area contributed by atoms with Crippen LogP contribution in [0.3, 0.4) is 0 Å². The Morgan fingerprint density at radius 1 is 1.25 bits per heavy atom. The zero-order valence-electron chi connectivity index (χ0n) is 6.65. The van der Waals surface area contributed by atoms with E-state index in [1.807, 2.05) is 37.3 Å². The smallest absolute Gasteiger partial charge is 0.340 e. The number of nitrogens with zero attached hydrogens (tertiary/aromatic N) is 1. The number of hydrogen-bond acceptors (Lipinski definition) is 2. The molecule has 2 rings (SSSR count). The molecule has 0 saturated heterocycles. The predicted octanol–water partition coefficient (Wildman–Crippen LogP) is 1.24. The van der Waals surface area contributed by atoms with Crippen LogP contribution in [-0.2, 0) is 8.95 Å². The minimum atomic E-state index is 0.0837. The van der Waals surface area contributed by atoms with Crippen LogP contribution in [0.25, 0.3) is 0 Å². The highest BCUT2D eigenvalue weighted by Gasteiger charge is 2.16. The van der Waals surface area contributed by atoms with Crippen molar-refractivity contribution in [3.8, 4) is 0 Å². The van der Waals surface area contributed by atoms with Gasteiger partial charge in [0.25, 0.3) is 5.69 Å². The fourth-order valence-electron chi connectivity index (χ4n) is 1.02. The lowest BCUT2D eigenvalue weighted by atomic mass is 10.3. The summed E-state index contributed by atoms with van der Waals surface area (Å²) in [6.45, 7) is 1.88. The van der Waals surface area contributed by atoms with Gasteiger partial charge in [0, 0.05) is 12.1 Å². The lowest BCUT2D eigenvalue weighted by molar-refractivity contribution is -0.681. The summed E-state index contributed by atoms with van der Waals surface area (Å²) in [5.74, 6) is 0.791. The summed E-state index contributed by atoms with van der Waals surface area (Å²) in [5.41, 5.74) is 1.00. The van der Waals surface area contributed by atoms with Crippen molar-refractivity contribution in [1.29, 1.82) is 0 Å². The molecule has 0 atom stereocenters. The second-order valence-corrected chi connectivity index (χ2v) is 2.98. The molecular weight excluding hydrogens is 170 g/mol. The third-order valence-corrected chi connectivity index (χ3v) is 2.23. The van der Waals surface area contributed by atoms with Crippen molar-refractivity contribution in [2.45, 2.75) is 6.92 Å². The molecule has 1 aromatic carbocycles. The normalized spacial score (nSPS) is 15.8. The fraction of sp³-hybridized carbons (Fsp3) is 0.125. The predicted molar refractivity (Wildman–Crippen MR) is 45.0 cm³/mol. The van der Waals surface area contributed by atoms with Crippen molar-refractivity contribution in [2.24, 2.45) is 0 Å². The highest BCUT2D eigenvalue weighted by molar-refractivity contribution is 6.23. The molecular formula is C8H8NO2Si. The molecule has 12 heavy (non-hydrogen) atoms. The van der Waals surface area contributed by atoms with Gasteiger partial charge in [-0.3, -0.25) is 0 Å². The molecule has 0 aromatic heterocycles. The van der Waals surface area contributed by atoms with Crippen LogP contribution in [0.1, 0.15) is 6.92 Å². The Hall–Kier alpha value is -1.29. The SMILES string of the molecule is CC1=[N+](c2ccccc2)O[Si-]O1. The maximum atomic E-state index is 5.25. The molecule has 1 radical (unpaired) electrons. The molecule has 1 aliphatic heterocycles. The van der Waals surface area contributed by atoms with Gasteiger partial charge in [0.1, 0.15) is 0 Å². The second-order valence-electron chi connectivity index (χ2n) is 2.43. The summed E-state index contributed by atoms with van der Waals surface area (Å²) < 4.78 is 12.1. The van der Waals surface area contributed by atoms with Gasteiger partial charge in [-0.25, -0.2) is 0 Å². The quantitative estimate of drug-likeness (QED) is 0.476. The Kier molecular flexibility index (Phi) is 1.83. The topological polar surface area (TPSA) is 21.5 Å². The number of benzene rings is 1. The molecule has 3 nitrogen and oxygen atoms in total. The molecule has 0 aliphatic carbocycles. The Morgan fingerprint density at radius 2 is 2.00 bits per heavy atom. The number of para-hydroxylation sites is 1. The summed E-state index contributed by atoms with van der Waals surface area (Å²) in [5, 5.41) is 0. The molecule has 0 N–H and O–H groups in total. The van der Waals surface area contributed by atoms with Crippen molar-refractivity contribution in [1.82, 2.24) is 0 Å². The maximum absolute atomic E-state index is 5.25. The summed E-state index contributed by atoms with van der Waals surface area (Å²) in [7, 11) is 0.0837. The molecule has 0 saturated carbocycles. The van der Waals surface area contributed by atoms with Crippen molar-refractivity contribution < 1.29 is 13.7 Å². The summed E-state index contributed by atoms with van der Waals surface area (Å²) in [4.78, 5) is 0. The Bertz CT molecular complexity index is 310. The van der Waals surface area contributed by atoms with E-state index in [1.165, 1.54) is 0 Å². The molecule has 1 aliphatic rings. The average Bonchev–Trinajstić information content (AvgIpc) is 2.53. The van der Waals surface area contributed by atoms with Crippen LogP contribution in [0.15, 0.2) is 30.3 Å². The Morgan fingerprint density at radius 3 is 2.58 bits per heavy atom. The van der Waals surface area contributed by atoms with E-state index < -0.39 is 0 Å². The van der Waals surface area contributed by atoms with Crippen LogP contribution in [-0.4, -0.2) is 20.6 Å². The first-order chi connectivity index (χ1) is 5.88. The van der Waals surface area contributed by atoms with Crippen LogP contribution in [0, 0.1) is 0 Å². The highest BCUT2D eigenvalue weighted by atomic mass is 28.3. The molecule has 0 unspecified atom stereocenters. The van der Waals surface area contributed by atoms with Gasteiger partial charge in [-0.1, -0.05) is 18.2 Å². The largest absolute Gasteiger partial charge is 0.642 e. The fourth-order valence-corrected chi connectivity index (χ4v) is 1.57. The van der Waals surface area contributed by atoms with E-state index >= 15 is 0 Å². The highest BCUT2D eigenvalue weighted by Crippen LogP contribution is 2.13. The molecule has 0 spiro atoms. The molecule has 1 heterocycles. The van der Waals surface area contributed by atoms with Gasteiger partial charge in [0.15, 0.2) is 10.0 Å². The van der Waals surface area contributed by atoms with Crippen LogP contribution in [0.4, 0.5) is 5.69 Å². The third-order valence-electron chi connectivity index (χ3n) is 1.59. The molecule has 1 aromatic rings. The van der Waals surface area contributed by atoms with Crippen LogP contribution in [0.2, 0.25) is 0 Å². The summed E-state index contributed by atoms with van der Waals surface area (Å²) in [6, 6.07) is 9.85. The average molecular weight is 178 g/mol. The molecule has 0 fully saturated rings. The van der Waals surface area contributed by atoms with Gasteiger partial charge >= 0.3 is 5.90 Å². The Balaban J connectivity index is 2.37. The van der Waals surface area contributed by atoms with Gasteiger partial charge in [0.05, 0.1) is 6.92 Å². The molecule has 0 amide bonds. The monoisotopic (exact) mass is 178 g/mol. The molecule has 61 valence electrons. The molecule has 0 bridgehead atoms. The summed E-state index contributed by atoms with van der Waals surface area (Å²) >= 11 is 0. The number of hydrogen-bond donors (Lipinski definition) is 0. The van der Waals surface area contributed by atoms with Crippen molar-refractivity contribution in [2.75, 3.05) is 0 Å². The van der Waals surface area contributed by atoms with Gasteiger partial charge in [-0.2, -0.15) is 0 Å². The standard InChI is InChI=1S/C8H8NO2Si/c1-7-9(11-12-10-7)8-5-3-2-4-6-8/h2-6H,1H3. The second kappa shape index (κ2) is 2.98. The first-order valence-electron chi connectivity index (χ1n) is 3.65. The molecule has 4 heteroatoms. The van der Waals surface area contributed by atoms with Crippen molar-refractivity contribution in [3.63, 3.8) is 0 Å². The first kappa shape index (κ1) is 7.36. The van der Waals surface area contributed by atoms with Gasteiger partial charge in [0.2, 0.25) is 0 Å². The summed E-state index contributed by atoms with van der Waals surface area (Å²) in [6.07, 6.45) is 0. The van der Waals surface area contributed by atoms with E-state index in [0.29, 0.717) is 0 Å². The van der Waals surface area contributed by atoms with E-state index in [-0.39, 0.29) is 10.0 Å². The van der Waals surface area contributed by atoms with Gasteiger partial charge in [-0.15, -0.1) is 0 Å². The van der Waals surface area contributed by atoms with Crippen molar-refractivity contribution >= 4 is 21.6 Å². The first-order valence-corrected chi connectivity index (χ1v) is 4.47. The lowest BCUT2D eigenvalue weighted by Gasteiger charge is -1.99. The van der Waals surface area contributed by atoms with E-state index in [1.54, 1.807) is 4.74 Å². The van der Waals surface area contributed by atoms with Gasteiger partial charge < -0.3 is 8.95 Å². The van der Waals surface area contributed by atoms with E-state index in [0.717, 1.165) is 11.6 Å². The van der Waals surface area contributed by atoms with Crippen molar-refractivity contribution in [3.05, 3.63) is 30.3 Å². The third kappa shape index (κ3) is 1.21. The minimum absolute atomic E-state index is 0.0837. The minimum Gasteiger partial charge on any atom is -0.642 e. The zero-order chi connectivity index (χ0) is 8.39. The lowest BCUT2D eigenvalue weighted by Crippen LogP contribution is -2.04. The maximum Gasteiger partial charge on any atom is 0.340 e. The van der Waals surface area contributed by atoms with Gasteiger partial charge in [-0.05, 0) is 4.74 Å². The van der Waals surface area contributed by atoms with Crippen LogP contribution < -0.4 is 0 Å². The van der Waals surface area contributed by atoms with E-state index in [9.17, 15) is 0 Å². The number of rotatable bonds is 1.